The maximum Gasteiger partial charge on any atom is 0.187 e. The molecule has 0 spiro atoms. The van der Waals surface area contributed by atoms with Crippen LogP contribution in [0.4, 0.5) is 0 Å². The van der Waals surface area contributed by atoms with Gasteiger partial charge in [-0.25, -0.2) is 0 Å². The van der Waals surface area contributed by atoms with Crippen LogP contribution >= 0.6 is 0 Å². The number of carbonyl (C=O) groups excluding carboxylic acids is 1. The lowest BCUT2D eigenvalue weighted by Gasteiger charge is -2.22. The highest BCUT2D eigenvalue weighted by Crippen LogP contribution is 2.32. The van der Waals surface area contributed by atoms with Crippen LogP contribution in [0, 0.1) is 0 Å². The molecule has 0 radical (unpaired) electrons. The van der Waals surface area contributed by atoms with Gasteiger partial charge in [-0.2, -0.15) is 0 Å². The van der Waals surface area contributed by atoms with Crippen molar-refractivity contribution in [2.24, 2.45) is 0 Å². The molecule has 1 aliphatic carbocycles. The number of hydrogen-bond acceptors (Lipinski definition) is 2. The first-order chi connectivity index (χ1) is 12.2. The van der Waals surface area contributed by atoms with Gasteiger partial charge in [0.15, 0.2) is 5.78 Å². The second kappa shape index (κ2) is 7.98. The summed E-state index contributed by atoms with van der Waals surface area (Å²) in [5.41, 5.74) is 5.12. The van der Waals surface area contributed by atoms with Crippen molar-refractivity contribution >= 4 is 17.6 Å². The summed E-state index contributed by atoms with van der Waals surface area (Å²) in [6.45, 7) is 0. The van der Waals surface area contributed by atoms with Gasteiger partial charge in [0.1, 0.15) is 0 Å². The minimum Gasteiger partial charge on any atom is -0.377 e. The van der Waals surface area contributed by atoms with E-state index < -0.39 is 0 Å². The zero-order valence-electron chi connectivity index (χ0n) is 15.0. The van der Waals surface area contributed by atoms with Crippen molar-refractivity contribution in [1.82, 2.24) is 4.90 Å². The Morgan fingerprint density at radius 3 is 2.12 bits per heavy atom. The van der Waals surface area contributed by atoms with E-state index in [-0.39, 0.29) is 5.78 Å². The number of nitrogens with zero attached hydrogens (tertiary/aromatic N) is 1. The molecule has 0 aliphatic heterocycles. The summed E-state index contributed by atoms with van der Waals surface area (Å²) in [5, 5.41) is 0. The maximum atomic E-state index is 13.3. The monoisotopic (exact) mass is 331 g/mol. The standard InChI is InChI=1S/C23H25NO/c1-24(2)22(19-13-7-4-8-14-19)21-16-10-9-15-20(23(21)25)17-18-11-5-3-6-12-18/h3-8,11-14,17H,9-10,15-16H2,1-2H3/b20-17-,22-21-. The third-order valence-electron chi connectivity index (χ3n) is 4.61. The molecule has 0 bridgehead atoms. The Morgan fingerprint density at radius 1 is 0.880 bits per heavy atom. The van der Waals surface area contributed by atoms with E-state index in [2.05, 4.69) is 35.2 Å². The molecule has 0 aromatic heterocycles. The summed E-state index contributed by atoms with van der Waals surface area (Å²) < 4.78 is 0. The van der Waals surface area contributed by atoms with E-state index >= 15 is 0 Å². The van der Waals surface area contributed by atoms with Gasteiger partial charge >= 0.3 is 0 Å². The number of allylic oxidation sites excluding steroid dienone is 2. The fraction of sp³-hybridized carbons (Fsp3) is 0.261. The van der Waals surface area contributed by atoms with Crippen LogP contribution in [0.3, 0.4) is 0 Å². The van der Waals surface area contributed by atoms with E-state index in [9.17, 15) is 4.79 Å². The van der Waals surface area contributed by atoms with Gasteiger partial charge in [0.2, 0.25) is 0 Å². The van der Waals surface area contributed by atoms with Gasteiger partial charge in [0.05, 0.1) is 5.70 Å². The summed E-state index contributed by atoms with van der Waals surface area (Å²) in [4.78, 5) is 15.4. The van der Waals surface area contributed by atoms with E-state index in [0.717, 1.165) is 53.7 Å². The van der Waals surface area contributed by atoms with E-state index in [4.69, 9.17) is 0 Å². The highest BCUT2D eigenvalue weighted by atomic mass is 16.1. The average Bonchev–Trinajstić information content (AvgIpc) is 2.80. The second-order valence-corrected chi connectivity index (χ2v) is 6.70. The fourth-order valence-electron chi connectivity index (χ4n) is 3.45. The van der Waals surface area contributed by atoms with Gasteiger partial charge in [0, 0.05) is 25.2 Å². The quantitative estimate of drug-likeness (QED) is 0.570. The highest BCUT2D eigenvalue weighted by Gasteiger charge is 2.24. The first-order valence-electron chi connectivity index (χ1n) is 8.93. The van der Waals surface area contributed by atoms with Gasteiger partial charge in [0.25, 0.3) is 0 Å². The number of rotatable bonds is 3. The van der Waals surface area contributed by atoms with Crippen molar-refractivity contribution in [3.8, 4) is 0 Å². The maximum absolute atomic E-state index is 13.3. The van der Waals surface area contributed by atoms with Gasteiger partial charge in [-0.15, -0.1) is 0 Å². The molecule has 2 aromatic rings. The van der Waals surface area contributed by atoms with Crippen LogP contribution in [-0.2, 0) is 4.79 Å². The smallest absolute Gasteiger partial charge is 0.187 e. The molecular formula is C23H25NO. The van der Waals surface area contributed by atoms with Crippen molar-refractivity contribution < 1.29 is 4.79 Å². The number of hydrogen-bond donors (Lipinski definition) is 0. The topological polar surface area (TPSA) is 20.3 Å². The highest BCUT2D eigenvalue weighted by molar-refractivity contribution is 6.14. The molecule has 0 saturated heterocycles. The Hall–Kier alpha value is -2.61. The average molecular weight is 331 g/mol. The van der Waals surface area contributed by atoms with Gasteiger partial charge < -0.3 is 4.90 Å². The van der Waals surface area contributed by atoms with Crippen molar-refractivity contribution in [1.29, 1.82) is 0 Å². The van der Waals surface area contributed by atoms with Gasteiger partial charge in [-0.3, -0.25) is 4.79 Å². The van der Waals surface area contributed by atoms with Crippen LogP contribution in [-0.4, -0.2) is 24.8 Å². The molecule has 0 amide bonds. The number of Topliss-reactive ketones (excluding diaryl/α,β-unsaturated/α-hetero) is 1. The van der Waals surface area contributed by atoms with E-state index in [1.807, 2.05) is 50.5 Å². The van der Waals surface area contributed by atoms with Gasteiger partial charge in [-0.05, 0) is 42.9 Å². The summed E-state index contributed by atoms with van der Waals surface area (Å²) in [7, 11) is 4.04. The lowest BCUT2D eigenvalue weighted by molar-refractivity contribution is -0.112. The number of carbonyl (C=O) groups is 1. The molecule has 1 fully saturated rings. The fourth-order valence-corrected chi connectivity index (χ4v) is 3.45. The zero-order valence-corrected chi connectivity index (χ0v) is 15.0. The van der Waals surface area contributed by atoms with Crippen LogP contribution in [0.25, 0.3) is 11.8 Å². The molecule has 0 N–H and O–H groups in total. The minimum atomic E-state index is 0.203. The first kappa shape index (κ1) is 17.2. The second-order valence-electron chi connectivity index (χ2n) is 6.70. The molecule has 0 heterocycles. The Balaban J connectivity index is 2.07. The van der Waals surface area contributed by atoms with Gasteiger partial charge in [-0.1, -0.05) is 60.7 Å². The Labute approximate surface area is 150 Å². The molecule has 2 heteroatoms. The molecule has 25 heavy (non-hydrogen) atoms. The Morgan fingerprint density at radius 2 is 1.48 bits per heavy atom. The van der Waals surface area contributed by atoms with Crippen molar-refractivity contribution in [2.45, 2.75) is 25.7 Å². The van der Waals surface area contributed by atoms with E-state index in [1.54, 1.807) is 0 Å². The summed E-state index contributed by atoms with van der Waals surface area (Å²) >= 11 is 0. The Kier molecular flexibility index (Phi) is 5.49. The lowest BCUT2D eigenvalue weighted by atomic mass is 9.95. The molecule has 128 valence electrons. The molecule has 0 atom stereocenters. The number of ketones is 1. The summed E-state index contributed by atoms with van der Waals surface area (Å²) in [6.07, 6.45) is 5.87. The first-order valence-corrected chi connectivity index (χ1v) is 8.93. The van der Waals surface area contributed by atoms with Crippen molar-refractivity contribution in [3.63, 3.8) is 0 Å². The third kappa shape index (κ3) is 4.08. The van der Waals surface area contributed by atoms with E-state index in [1.165, 1.54) is 0 Å². The van der Waals surface area contributed by atoms with Crippen LogP contribution < -0.4 is 0 Å². The third-order valence-corrected chi connectivity index (χ3v) is 4.61. The normalized spacial score (nSPS) is 18.8. The van der Waals surface area contributed by atoms with Crippen LogP contribution in [0.1, 0.15) is 36.8 Å². The predicted molar refractivity (Wildman–Crippen MR) is 105 cm³/mol. The molecule has 2 nitrogen and oxygen atoms in total. The minimum absolute atomic E-state index is 0.203. The SMILES string of the molecule is CN(C)/C(=C1/CCCC/C(=C/c2ccccc2)C1=O)c1ccccc1. The molecule has 1 aliphatic rings. The lowest BCUT2D eigenvalue weighted by Crippen LogP contribution is -2.17. The Bertz CT molecular complexity index is 785. The molecule has 0 unspecified atom stereocenters. The zero-order chi connectivity index (χ0) is 17.6. The molecule has 3 rings (SSSR count). The predicted octanol–water partition coefficient (Wildman–Crippen LogP) is 5.19. The van der Waals surface area contributed by atoms with E-state index in [0.29, 0.717) is 0 Å². The van der Waals surface area contributed by atoms with Crippen LogP contribution in [0.2, 0.25) is 0 Å². The largest absolute Gasteiger partial charge is 0.377 e. The number of benzene rings is 2. The van der Waals surface area contributed by atoms with Crippen molar-refractivity contribution in [2.75, 3.05) is 14.1 Å². The van der Waals surface area contributed by atoms with Crippen molar-refractivity contribution in [3.05, 3.63) is 82.9 Å². The summed E-state index contributed by atoms with van der Waals surface area (Å²) in [5.74, 6) is 0.203. The molecule has 2 aromatic carbocycles. The van der Waals surface area contributed by atoms with Crippen LogP contribution in [0.5, 0.6) is 0 Å². The molecule has 1 saturated carbocycles. The molecular weight excluding hydrogens is 306 g/mol. The summed E-state index contributed by atoms with van der Waals surface area (Å²) in [6, 6.07) is 20.4. The van der Waals surface area contributed by atoms with Crippen LogP contribution in [0.15, 0.2) is 71.8 Å².